The van der Waals surface area contributed by atoms with Gasteiger partial charge in [0.1, 0.15) is 15.8 Å². The summed E-state index contributed by atoms with van der Waals surface area (Å²) in [7, 11) is 0. The summed E-state index contributed by atoms with van der Waals surface area (Å²) in [6, 6.07) is 13.2. The highest BCUT2D eigenvalue weighted by Crippen LogP contribution is 2.35. The molecule has 0 spiro atoms. The summed E-state index contributed by atoms with van der Waals surface area (Å²) in [5.74, 6) is 0.209. The van der Waals surface area contributed by atoms with E-state index in [9.17, 15) is 9.59 Å². The number of benzene rings is 1. The van der Waals surface area contributed by atoms with E-state index >= 15 is 0 Å². The largest absolute Gasteiger partial charge is 0.467 e. The molecule has 4 rings (SSSR count). The van der Waals surface area contributed by atoms with Crippen LogP contribution in [0.1, 0.15) is 21.9 Å². The predicted molar refractivity (Wildman–Crippen MR) is 135 cm³/mol. The molecule has 12 heteroatoms. The van der Waals surface area contributed by atoms with Gasteiger partial charge in [-0.15, -0.1) is 0 Å². The SMILES string of the molecule is O=C(N[C@H](Oc1ccc(/C=C2\SC(=S)N(Cc3ccco3)C2=O)cc1)C(Cl)(Cl)Cl)c1ccco1. The van der Waals surface area contributed by atoms with Gasteiger partial charge in [-0.3, -0.25) is 14.5 Å². The van der Waals surface area contributed by atoms with Gasteiger partial charge in [0, 0.05) is 0 Å². The third kappa shape index (κ3) is 5.97. The number of alkyl halides is 3. The quantitative estimate of drug-likeness (QED) is 0.171. The fraction of sp³-hybridized carbons (Fsp3) is 0.136. The number of ether oxygens (including phenoxy) is 1. The van der Waals surface area contributed by atoms with Crippen molar-refractivity contribution in [3.05, 3.63) is 83.0 Å². The molecular weight excluding hydrogens is 543 g/mol. The van der Waals surface area contributed by atoms with E-state index < -0.39 is 15.9 Å². The van der Waals surface area contributed by atoms with Crippen LogP contribution in [0.2, 0.25) is 0 Å². The molecule has 0 unspecified atom stereocenters. The standard InChI is InChI=1S/C22H15Cl3N2O5S2/c23-22(24,25)20(26-18(28)16-4-2-10-31-16)32-14-7-5-13(6-8-14)11-17-19(29)27(21(33)34-17)12-15-3-1-9-30-15/h1-11,20H,12H2,(H,26,28)/b17-11-/t20-/m1/s1. The maximum absolute atomic E-state index is 12.8. The smallest absolute Gasteiger partial charge is 0.289 e. The van der Waals surface area contributed by atoms with Crippen molar-refractivity contribution in [3.8, 4) is 5.75 Å². The number of carbonyl (C=O) groups excluding carboxylic acids is 2. The molecule has 1 aromatic carbocycles. The van der Waals surface area contributed by atoms with E-state index in [1.165, 1.54) is 29.0 Å². The Balaban J connectivity index is 1.43. The van der Waals surface area contributed by atoms with Gasteiger partial charge in [-0.05, 0) is 48.0 Å². The van der Waals surface area contributed by atoms with Crippen LogP contribution in [0.5, 0.6) is 5.75 Å². The number of carbonyl (C=O) groups is 2. The lowest BCUT2D eigenvalue weighted by Gasteiger charge is -2.26. The van der Waals surface area contributed by atoms with Gasteiger partial charge in [0.05, 0.1) is 24.0 Å². The zero-order valence-corrected chi connectivity index (χ0v) is 21.0. The molecule has 7 nitrogen and oxygen atoms in total. The molecule has 1 atom stereocenters. The van der Waals surface area contributed by atoms with Crippen LogP contribution < -0.4 is 10.1 Å². The molecule has 3 heterocycles. The van der Waals surface area contributed by atoms with Crippen LogP contribution >= 0.6 is 58.8 Å². The minimum Gasteiger partial charge on any atom is -0.467 e. The van der Waals surface area contributed by atoms with Crippen molar-refractivity contribution >= 4 is 81.0 Å². The zero-order valence-electron chi connectivity index (χ0n) is 17.1. The first kappa shape index (κ1) is 24.7. The summed E-state index contributed by atoms with van der Waals surface area (Å²) in [5.41, 5.74) is 0.732. The Kier molecular flexibility index (Phi) is 7.59. The van der Waals surface area contributed by atoms with Crippen LogP contribution in [0.4, 0.5) is 0 Å². The molecule has 0 radical (unpaired) electrons. The highest BCUT2D eigenvalue weighted by Gasteiger charge is 2.37. The third-order valence-corrected chi connectivity index (χ3v) is 6.48. The minimum atomic E-state index is -1.96. The van der Waals surface area contributed by atoms with Crippen LogP contribution in [0.25, 0.3) is 6.08 Å². The molecular formula is C22H15Cl3N2O5S2. The number of amides is 2. The Hall–Kier alpha value is -2.43. The number of halogens is 3. The lowest BCUT2D eigenvalue weighted by atomic mass is 10.2. The lowest BCUT2D eigenvalue weighted by Crippen LogP contribution is -2.47. The highest BCUT2D eigenvalue weighted by molar-refractivity contribution is 8.26. The molecule has 2 amide bonds. The van der Waals surface area contributed by atoms with E-state index in [0.717, 1.165) is 5.56 Å². The molecule has 0 saturated carbocycles. The van der Waals surface area contributed by atoms with Crippen molar-refractivity contribution in [2.24, 2.45) is 0 Å². The number of thiocarbonyl (C=S) groups is 1. The average Bonchev–Trinajstić information content (AvgIpc) is 3.54. The predicted octanol–water partition coefficient (Wildman–Crippen LogP) is 5.78. The van der Waals surface area contributed by atoms with Crippen LogP contribution in [-0.2, 0) is 11.3 Å². The number of hydrogen-bond acceptors (Lipinski definition) is 7. The van der Waals surface area contributed by atoms with Crippen LogP contribution in [0.3, 0.4) is 0 Å². The molecule has 34 heavy (non-hydrogen) atoms. The van der Waals surface area contributed by atoms with E-state index in [1.54, 1.807) is 54.8 Å². The van der Waals surface area contributed by atoms with E-state index in [0.29, 0.717) is 20.7 Å². The average molecular weight is 558 g/mol. The monoisotopic (exact) mass is 556 g/mol. The zero-order chi connectivity index (χ0) is 24.3. The maximum Gasteiger partial charge on any atom is 0.289 e. The second kappa shape index (κ2) is 10.5. The Labute approximate surface area is 218 Å². The molecule has 1 aliphatic rings. The molecule has 1 saturated heterocycles. The normalized spacial score (nSPS) is 16.2. The summed E-state index contributed by atoms with van der Waals surface area (Å²) in [6.45, 7) is 0.268. The van der Waals surface area contributed by atoms with E-state index in [1.807, 2.05) is 0 Å². The number of rotatable bonds is 7. The summed E-state index contributed by atoms with van der Waals surface area (Å²) in [4.78, 5) is 27.0. The summed E-state index contributed by atoms with van der Waals surface area (Å²) in [5, 5.41) is 2.48. The van der Waals surface area contributed by atoms with Crippen molar-refractivity contribution in [3.63, 3.8) is 0 Å². The maximum atomic E-state index is 12.8. The number of thioether (sulfide) groups is 1. The van der Waals surface area contributed by atoms with E-state index in [4.69, 9.17) is 60.6 Å². The van der Waals surface area contributed by atoms with Crippen molar-refractivity contribution in [1.82, 2.24) is 10.2 Å². The summed E-state index contributed by atoms with van der Waals surface area (Å²) in [6.07, 6.45) is 3.32. The van der Waals surface area contributed by atoms with Gasteiger partial charge in [0.25, 0.3) is 11.8 Å². The molecule has 1 fully saturated rings. The molecule has 3 aromatic rings. The number of furan rings is 2. The first-order valence-corrected chi connectivity index (χ1v) is 12.0. The second-order valence-electron chi connectivity index (χ2n) is 6.91. The van der Waals surface area contributed by atoms with Crippen molar-refractivity contribution in [1.29, 1.82) is 0 Å². The summed E-state index contributed by atoms with van der Waals surface area (Å²) >= 11 is 24.5. The lowest BCUT2D eigenvalue weighted by molar-refractivity contribution is -0.122. The van der Waals surface area contributed by atoms with Crippen molar-refractivity contribution in [2.45, 2.75) is 16.6 Å². The third-order valence-electron chi connectivity index (χ3n) is 4.50. The Morgan fingerprint density at radius 3 is 2.47 bits per heavy atom. The Morgan fingerprint density at radius 2 is 1.85 bits per heavy atom. The van der Waals surface area contributed by atoms with Crippen molar-refractivity contribution in [2.75, 3.05) is 0 Å². The minimum absolute atomic E-state index is 0.0440. The number of hydrogen-bond donors (Lipinski definition) is 1. The Bertz CT molecular complexity index is 1210. The van der Waals surface area contributed by atoms with Gasteiger partial charge < -0.3 is 18.9 Å². The van der Waals surface area contributed by atoms with Gasteiger partial charge in [-0.1, -0.05) is 70.9 Å². The van der Waals surface area contributed by atoms with E-state index in [2.05, 4.69) is 5.32 Å². The van der Waals surface area contributed by atoms with Gasteiger partial charge in [0.2, 0.25) is 10.0 Å². The molecule has 0 bridgehead atoms. The second-order valence-corrected chi connectivity index (χ2v) is 11.0. The van der Waals surface area contributed by atoms with Gasteiger partial charge in [-0.25, -0.2) is 0 Å². The molecule has 2 aromatic heterocycles. The fourth-order valence-electron chi connectivity index (χ4n) is 2.90. The molecule has 0 aliphatic carbocycles. The summed E-state index contributed by atoms with van der Waals surface area (Å²) < 4.78 is 14.5. The topological polar surface area (TPSA) is 84.9 Å². The number of nitrogens with one attached hydrogen (secondary N) is 1. The fourth-order valence-corrected chi connectivity index (χ4v) is 4.45. The van der Waals surface area contributed by atoms with Crippen LogP contribution in [-0.4, -0.2) is 31.1 Å². The highest BCUT2D eigenvalue weighted by atomic mass is 35.6. The van der Waals surface area contributed by atoms with E-state index in [-0.39, 0.29) is 18.2 Å². The Morgan fingerprint density at radius 1 is 1.15 bits per heavy atom. The van der Waals surface area contributed by atoms with Crippen LogP contribution in [0, 0.1) is 0 Å². The van der Waals surface area contributed by atoms with Gasteiger partial charge >= 0.3 is 0 Å². The van der Waals surface area contributed by atoms with Crippen molar-refractivity contribution < 1.29 is 23.2 Å². The van der Waals surface area contributed by atoms with Gasteiger partial charge in [0.15, 0.2) is 5.76 Å². The van der Waals surface area contributed by atoms with Gasteiger partial charge in [-0.2, -0.15) is 0 Å². The number of nitrogens with zero attached hydrogens (tertiary/aromatic N) is 1. The first-order valence-electron chi connectivity index (χ1n) is 9.66. The van der Waals surface area contributed by atoms with Crippen LogP contribution in [0.15, 0.2) is 74.8 Å². The molecule has 1 N–H and O–H groups in total. The molecule has 1 aliphatic heterocycles. The molecule has 176 valence electrons. The first-order chi connectivity index (χ1) is 16.2.